The molecule has 96 valence electrons. The Morgan fingerprint density at radius 2 is 1.89 bits per heavy atom. The van der Waals surface area contributed by atoms with Crippen LogP contribution in [-0.2, 0) is 6.54 Å². The number of nitrogens with two attached hydrogens (primary N) is 1. The predicted octanol–water partition coefficient (Wildman–Crippen LogP) is 3.24. The van der Waals surface area contributed by atoms with E-state index in [1.807, 2.05) is 19.9 Å². The van der Waals surface area contributed by atoms with Crippen molar-refractivity contribution < 1.29 is 4.42 Å². The molecule has 1 aromatic carbocycles. The molecular weight excluding hydrogens is 224 g/mol. The zero-order chi connectivity index (χ0) is 13.1. The van der Waals surface area contributed by atoms with Crippen molar-refractivity contribution in [2.24, 2.45) is 5.73 Å². The van der Waals surface area contributed by atoms with Gasteiger partial charge >= 0.3 is 0 Å². The molecule has 18 heavy (non-hydrogen) atoms. The standard InChI is InChI=1S/C15H20N2O/c1-11(16)13-4-6-15(7-5-13)17(3)10-14-8-9-18-12(14)2/h4-9,11H,10,16H2,1-3H3/t11-/m1/s1. The van der Waals surface area contributed by atoms with Crippen LogP contribution in [0, 0.1) is 6.92 Å². The third kappa shape index (κ3) is 2.74. The van der Waals surface area contributed by atoms with Crippen molar-refractivity contribution in [2.45, 2.75) is 26.4 Å². The van der Waals surface area contributed by atoms with Crippen LogP contribution in [0.2, 0.25) is 0 Å². The van der Waals surface area contributed by atoms with Gasteiger partial charge in [0.15, 0.2) is 0 Å². The Labute approximate surface area is 108 Å². The summed E-state index contributed by atoms with van der Waals surface area (Å²) in [6.07, 6.45) is 1.73. The summed E-state index contributed by atoms with van der Waals surface area (Å²) in [5, 5.41) is 0. The van der Waals surface area contributed by atoms with E-state index < -0.39 is 0 Å². The van der Waals surface area contributed by atoms with Crippen LogP contribution in [0.4, 0.5) is 5.69 Å². The first-order valence-electron chi connectivity index (χ1n) is 6.17. The number of benzene rings is 1. The molecule has 2 aromatic rings. The summed E-state index contributed by atoms with van der Waals surface area (Å²) >= 11 is 0. The summed E-state index contributed by atoms with van der Waals surface area (Å²) in [5.41, 5.74) is 9.40. The largest absolute Gasteiger partial charge is 0.469 e. The van der Waals surface area contributed by atoms with Crippen molar-refractivity contribution in [3.05, 3.63) is 53.5 Å². The van der Waals surface area contributed by atoms with E-state index in [0.717, 1.165) is 17.9 Å². The van der Waals surface area contributed by atoms with Crippen molar-refractivity contribution >= 4 is 5.69 Å². The normalized spacial score (nSPS) is 12.4. The lowest BCUT2D eigenvalue weighted by Crippen LogP contribution is -2.16. The van der Waals surface area contributed by atoms with E-state index in [0.29, 0.717) is 0 Å². The van der Waals surface area contributed by atoms with Crippen molar-refractivity contribution in [1.29, 1.82) is 0 Å². The highest BCUT2D eigenvalue weighted by Crippen LogP contribution is 2.20. The maximum Gasteiger partial charge on any atom is 0.105 e. The average molecular weight is 244 g/mol. The van der Waals surface area contributed by atoms with Crippen LogP contribution in [0.3, 0.4) is 0 Å². The smallest absolute Gasteiger partial charge is 0.105 e. The summed E-state index contributed by atoms with van der Waals surface area (Å²) in [6, 6.07) is 10.5. The molecule has 0 fully saturated rings. The number of hydrogen-bond donors (Lipinski definition) is 1. The van der Waals surface area contributed by atoms with Crippen LogP contribution in [0.5, 0.6) is 0 Å². The third-order valence-electron chi connectivity index (χ3n) is 3.23. The topological polar surface area (TPSA) is 42.4 Å². The van der Waals surface area contributed by atoms with Crippen LogP contribution >= 0.6 is 0 Å². The Morgan fingerprint density at radius 1 is 1.22 bits per heavy atom. The molecule has 2 rings (SSSR count). The summed E-state index contributed by atoms with van der Waals surface area (Å²) in [7, 11) is 2.08. The minimum Gasteiger partial charge on any atom is -0.469 e. The molecule has 1 atom stereocenters. The SMILES string of the molecule is Cc1occc1CN(C)c1ccc([C@@H](C)N)cc1. The Bertz CT molecular complexity index is 499. The highest BCUT2D eigenvalue weighted by Gasteiger charge is 2.07. The molecule has 1 aromatic heterocycles. The lowest BCUT2D eigenvalue weighted by atomic mass is 10.1. The average Bonchev–Trinajstić information content (AvgIpc) is 2.75. The first-order valence-corrected chi connectivity index (χ1v) is 6.17. The van der Waals surface area contributed by atoms with Crippen molar-refractivity contribution in [1.82, 2.24) is 0 Å². The zero-order valence-electron chi connectivity index (χ0n) is 11.2. The second kappa shape index (κ2) is 5.27. The minimum absolute atomic E-state index is 0.0838. The van der Waals surface area contributed by atoms with Gasteiger partial charge in [-0.2, -0.15) is 0 Å². The molecular formula is C15H20N2O. The Kier molecular flexibility index (Phi) is 3.72. The van der Waals surface area contributed by atoms with E-state index in [-0.39, 0.29) is 6.04 Å². The fourth-order valence-corrected chi connectivity index (χ4v) is 1.95. The van der Waals surface area contributed by atoms with E-state index in [1.54, 1.807) is 6.26 Å². The van der Waals surface area contributed by atoms with Crippen LogP contribution in [0.15, 0.2) is 41.0 Å². The number of furan rings is 1. The molecule has 3 nitrogen and oxygen atoms in total. The lowest BCUT2D eigenvalue weighted by Gasteiger charge is -2.19. The fourth-order valence-electron chi connectivity index (χ4n) is 1.95. The number of nitrogens with zero attached hydrogens (tertiary/aromatic N) is 1. The Morgan fingerprint density at radius 3 is 2.39 bits per heavy atom. The van der Waals surface area contributed by atoms with Gasteiger partial charge in [0.05, 0.1) is 6.26 Å². The molecule has 1 heterocycles. The molecule has 0 unspecified atom stereocenters. The van der Waals surface area contributed by atoms with Crippen molar-refractivity contribution in [3.63, 3.8) is 0 Å². The van der Waals surface area contributed by atoms with E-state index >= 15 is 0 Å². The highest BCUT2D eigenvalue weighted by molar-refractivity contribution is 5.48. The fraction of sp³-hybridized carbons (Fsp3) is 0.333. The monoisotopic (exact) mass is 244 g/mol. The first kappa shape index (κ1) is 12.7. The van der Waals surface area contributed by atoms with Gasteiger partial charge in [-0.3, -0.25) is 0 Å². The Balaban J connectivity index is 2.09. The zero-order valence-corrected chi connectivity index (χ0v) is 11.2. The number of anilines is 1. The van der Waals surface area contributed by atoms with Gasteiger partial charge in [-0.1, -0.05) is 12.1 Å². The van der Waals surface area contributed by atoms with Gasteiger partial charge in [0.1, 0.15) is 5.76 Å². The number of hydrogen-bond acceptors (Lipinski definition) is 3. The number of rotatable bonds is 4. The molecule has 0 aliphatic heterocycles. The minimum atomic E-state index is 0.0838. The van der Waals surface area contributed by atoms with E-state index in [2.05, 4.69) is 36.2 Å². The molecule has 0 saturated carbocycles. The molecule has 0 spiro atoms. The summed E-state index contributed by atoms with van der Waals surface area (Å²) in [5.74, 6) is 0.981. The van der Waals surface area contributed by atoms with Crippen LogP contribution < -0.4 is 10.6 Å². The van der Waals surface area contributed by atoms with Crippen molar-refractivity contribution in [2.75, 3.05) is 11.9 Å². The summed E-state index contributed by atoms with van der Waals surface area (Å²) in [4.78, 5) is 2.20. The second-order valence-corrected chi connectivity index (χ2v) is 4.74. The summed E-state index contributed by atoms with van der Waals surface area (Å²) in [6.45, 7) is 4.83. The molecule has 0 aliphatic rings. The molecule has 0 saturated heterocycles. The van der Waals surface area contributed by atoms with Crippen LogP contribution in [-0.4, -0.2) is 7.05 Å². The summed E-state index contributed by atoms with van der Waals surface area (Å²) < 4.78 is 5.31. The van der Waals surface area contributed by atoms with E-state index in [4.69, 9.17) is 10.2 Å². The molecule has 0 radical (unpaired) electrons. The van der Waals surface area contributed by atoms with E-state index in [1.165, 1.54) is 11.3 Å². The molecule has 3 heteroatoms. The molecule has 0 amide bonds. The van der Waals surface area contributed by atoms with Gasteiger partial charge in [-0.25, -0.2) is 0 Å². The molecule has 2 N–H and O–H groups in total. The molecule has 0 bridgehead atoms. The predicted molar refractivity (Wildman–Crippen MR) is 74.6 cm³/mol. The van der Waals surface area contributed by atoms with Gasteiger partial charge in [0.25, 0.3) is 0 Å². The van der Waals surface area contributed by atoms with Crippen LogP contribution in [0.1, 0.15) is 29.9 Å². The molecule has 0 aliphatic carbocycles. The van der Waals surface area contributed by atoms with Gasteiger partial charge in [-0.05, 0) is 37.6 Å². The van der Waals surface area contributed by atoms with Gasteiger partial charge in [0, 0.05) is 30.9 Å². The maximum atomic E-state index is 5.84. The quantitative estimate of drug-likeness (QED) is 0.897. The third-order valence-corrected chi connectivity index (χ3v) is 3.23. The lowest BCUT2D eigenvalue weighted by molar-refractivity contribution is 0.529. The van der Waals surface area contributed by atoms with Crippen LogP contribution in [0.25, 0.3) is 0 Å². The second-order valence-electron chi connectivity index (χ2n) is 4.74. The first-order chi connectivity index (χ1) is 8.58. The van der Waals surface area contributed by atoms with Crippen molar-refractivity contribution in [3.8, 4) is 0 Å². The van der Waals surface area contributed by atoms with Gasteiger partial charge < -0.3 is 15.1 Å². The number of aryl methyl sites for hydroxylation is 1. The van der Waals surface area contributed by atoms with Gasteiger partial charge in [0.2, 0.25) is 0 Å². The highest BCUT2D eigenvalue weighted by atomic mass is 16.3. The maximum absolute atomic E-state index is 5.84. The Hall–Kier alpha value is -1.74. The van der Waals surface area contributed by atoms with Gasteiger partial charge in [-0.15, -0.1) is 0 Å². The van der Waals surface area contributed by atoms with E-state index in [9.17, 15) is 0 Å².